The Kier molecular flexibility index (Phi) is 6.52. The normalized spacial score (nSPS) is 12.2. The molecule has 3 aromatic rings. The average molecular weight is 427 g/mol. The third kappa shape index (κ3) is 4.86. The molecule has 3 rings (SSSR count). The van der Waals surface area contributed by atoms with Gasteiger partial charge in [0.15, 0.2) is 0 Å². The molecule has 7 heteroatoms. The molecule has 5 nitrogen and oxygen atoms in total. The molecular formula is C23H23FN2O3S. The molecule has 0 radical (unpaired) electrons. The highest BCUT2D eigenvalue weighted by Gasteiger charge is 2.31. The maximum Gasteiger partial charge on any atom is 0.248 e. The zero-order valence-corrected chi connectivity index (χ0v) is 17.6. The second kappa shape index (κ2) is 9.09. The highest BCUT2D eigenvalue weighted by molar-refractivity contribution is 7.92. The number of amides is 1. The van der Waals surface area contributed by atoms with Crippen molar-refractivity contribution in [3.63, 3.8) is 0 Å². The molecule has 0 saturated heterocycles. The van der Waals surface area contributed by atoms with Crippen LogP contribution in [0.2, 0.25) is 0 Å². The molecule has 0 aromatic heterocycles. The number of carbonyl (C=O) groups excluding carboxylic acids is 1. The number of para-hydroxylation sites is 1. The number of carbonyl (C=O) groups is 1. The lowest BCUT2D eigenvalue weighted by molar-refractivity contribution is -0.117. The predicted molar refractivity (Wildman–Crippen MR) is 118 cm³/mol. The van der Waals surface area contributed by atoms with Gasteiger partial charge in [-0.15, -0.1) is 0 Å². The molecule has 0 fully saturated rings. The monoisotopic (exact) mass is 426 g/mol. The van der Waals surface area contributed by atoms with Crippen molar-refractivity contribution < 1.29 is 17.6 Å². The molecule has 3 aromatic carbocycles. The molecule has 0 aliphatic heterocycles. The summed E-state index contributed by atoms with van der Waals surface area (Å²) in [5.74, 6) is -0.947. The Labute approximate surface area is 176 Å². The lowest BCUT2D eigenvalue weighted by atomic mass is 10.0. The van der Waals surface area contributed by atoms with Crippen LogP contribution < -0.4 is 9.62 Å². The van der Waals surface area contributed by atoms with Crippen LogP contribution in [0.1, 0.15) is 13.3 Å². The van der Waals surface area contributed by atoms with E-state index in [1.165, 1.54) is 24.3 Å². The van der Waals surface area contributed by atoms with Crippen LogP contribution in [0.5, 0.6) is 0 Å². The van der Waals surface area contributed by atoms with Crippen molar-refractivity contribution >= 4 is 27.3 Å². The Hall–Kier alpha value is -3.19. The van der Waals surface area contributed by atoms with Crippen molar-refractivity contribution in [2.45, 2.75) is 19.4 Å². The van der Waals surface area contributed by atoms with Gasteiger partial charge in [0, 0.05) is 11.3 Å². The summed E-state index contributed by atoms with van der Waals surface area (Å²) in [5.41, 5.74) is 2.57. The van der Waals surface area contributed by atoms with Crippen molar-refractivity contribution in [1.82, 2.24) is 0 Å². The van der Waals surface area contributed by atoms with Crippen molar-refractivity contribution in [3.8, 4) is 11.1 Å². The molecule has 1 N–H and O–H groups in total. The van der Waals surface area contributed by atoms with Crippen LogP contribution in [-0.4, -0.2) is 26.6 Å². The van der Waals surface area contributed by atoms with E-state index in [9.17, 15) is 17.6 Å². The van der Waals surface area contributed by atoms with Crippen LogP contribution in [0.15, 0.2) is 78.9 Å². The maximum atomic E-state index is 13.3. The van der Waals surface area contributed by atoms with E-state index in [2.05, 4.69) is 5.32 Å². The summed E-state index contributed by atoms with van der Waals surface area (Å²) in [6.07, 6.45) is 1.27. The largest absolute Gasteiger partial charge is 0.324 e. The second-order valence-corrected chi connectivity index (χ2v) is 8.72. The molecule has 0 saturated carbocycles. The zero-order valence-electron chi connectivity index (χ0n) is 16.7. The minimum absolute atomic E-state index is 0.234. The van der Waals surface area contributed by atoms with Crippen molar-refractivity contribution in [1.29, 1.82) is 0 Å². The summed E-state index contributed by atoms with van der Waals surface area (Å²) in [4.78, 5) is 13.2. The maximum absolute atomic E-state index is 13.3. The van der Waals surface area contributed by atoms with E-state index < -0.39 is 27.8 Å². The molecule has 0 bridgehead atoms. The van der Waals surface area contributed by atoms with Crippen molar-refractivity contribution in [3.05, 3.63) is 84.7 Å². The summed E-state index contributed by atoms with van der Waals surface area (Å²) in [6.45, 7) is 1.73. The summed E-state index contributed by atoms with van der Waals surface area (Å²) < 4.78 is 39.4. The van der Waals surface area contributed by atoms with Gasteiger partial charge in [0.2, 0.25) is 15.9 Å². The Balaban J connectivity index is 1.96. The first-order valence-electron chi connectivity index (χ1n) is 9.51. The van der Waals surface area contributed by atoms with Gasteiger partial charge in [-0.25, -0.2) is 12.8 Å². The van der Waals surface area contributed by atoms with E-state index in [0.717, 1.165) is 21.7 Å². The molecule has 1 amide bonds. The minimum Gasteiger partial charge on any atom is -0.324 e. The number of halogens is 1. The van der Waals surface area contributed by atoms with Gasteiger partial charge in [0.1, 0.15) is 11.9 Å². The van der Waals surface area contributed by atoms with Gasteiger partial charge in [0.05, 0.1) is 11.9 Å². The van der Waals surface area contributed by atoms with Gasteiger partial charge in [-0.3, -0.25) is 9.10 Å². The summed E-state index contributed by atoms with van der Waals surface area (Å²) in [6, 6.07) is 21.0. The molecule has 30 heavy (non-hydrogen) atoms. The van der Waals surface area contributed by atoms with Gasteiger partial charge in [0.25, 0.3) is 0 Å². The Bertz CT molecular complexity index is 1120. The Morgan fingerprint density at radius 2 is 1.57 bits per heavy atom. The fourth-order valence-electron chi connectivity index (χ4n) is 3.33. The molecule has 0 aliphatic carbocycles. The van der Waals surface area contributed by atoms with Gasteiger partial charge in [-0.1, -0.05) is 55.5 Å². The van der Waals surface area contributed by atoms with Crippen LogP contribution in [0.25, 0.3) is 11.1 Å². The smallest absolute Gasteiger partial charge is 0.248 e. The lowest BCUT2D eigenvalue weighted by Crippen LogP contribution is -2.47. The van der Waals surface area contributed by atoms with Crippen LogP contribution in [0.4, 0.5) is 15.8 Å². The minimum atomic E-state index is -3.79. The van der Waals surface area contributed by atoms with Crippen LogP contribution in [0.3, 0.4) is 0 Å². The number of sulfonamides is 1. The van der Waals surface area contributed by atoms with Crippen LogP contribution >= 0.6 is 0 Å². The molecule has 156 valence electrons. The van der Waals surface area contributed by atoms with E-state index in [1.54, 1.807) is 19.1 Å². The average Bonchev–Trinajstić information content (AvgIpc) is 2.73. The Morgan fingerprint density at radius 1 is 0.967 bits per heavy atom. The summed E-state index contributed by atoms with van der Waals surface area (Å²) >= 11 is 0. The van der Waals surface area contributed by atoms with Gasteiger partial charge >= 0.3 is 0 Å². The summed E-state index contributed by atoms with van der Waals surface area (Å²) in [7, 11) is -3.79. The van der Waals surface area contributed by atoms with E-state index >= 15 is 0 Å². The van der Waals surface area contributed by atoms with Crippen molar-refractivity contribution in [2.75, 3.05) is 15.9 Å². The van der Waals surface area contributed by atoms with E-state index in [1.807, 2.05) is 42.5 Å². The van der Waals surface area contributed by atoms with Gasteiger partial charge in [-0.05, 0) is 42.3 Å². The zero-order chi connectivity index (χ0) is 21.7. The molecule has 0 spiro atoms. The predicted octanol–water partition coefficient (Wildman–Crippen LogP) is 4.68. The topological polar surface area (TPSA) is 66.5 Å². The third-order valence-electron chi connectivity index (χ3n) is 4.68. The van der Waals surface area contributed by atoms with Crippen LogP contribution in [-0.2, 0) is 14.8 Å². The fraction of sp³-hybridized carbons (Fsp3) is 0.174. The van der Waals surface area contributed by atoms with Gasteiger partial charge in [-0.2, -0.15) is 0 Å². The molecule has 0 unspecified atom stereocenters. The first-order chi connectivity index (χ1) is 14.3. The fourth-order valence-corrected chi connectivity index (χ4v) is 4.54. The number of nitrogens with one attached hydrogen (secondary N) is 1. The molecule has 0 heterocycles. The van der Waals surface area contributed by atoms with Gasteiger partial charge < -0.3 is 5.32 Å². The number of nitrogens with zero attached hydrogens (tertiary/aromatic N) is 1. The first kappa shape index (κ1) is 21.5. The summed E-state index contributed by atoms with van der Waals surface area (Å²) in [5, 5.41) is 2.87. The quantitative estimate of drug-likeness (QED) is 0.597. The van der Waals surface area contributed by atoms with Crippen molar-refractivity contribution in [2.24, 2.45) is 0 Å². The number of hydrogen-bond acceptors (Lipinski definition) is 3. The lowest BCUT2D eigenvalue weighted by Gasteiger charge is -2.30. The standard InChI is InChI=1S/C23H23FN2O3S/c1-3-22(26(30(2,28)29)19-15-13-18(24)14-16-19)23(27)25-21-12-8-7-11-20(21)17-9-5-4-6-10-17/h4-16,22H,3H2,1-2H3,(H,25,27)/t22-/m0/s1. The molecule has 1 atom stereocenters. The molecular weight excluding hydrogens is 403 g/mol. The second-order valence-electron chi connectivity index (χ2n) is 6.86. The molecule has 0 aliphatic rings. The number of anilines is 2. The SMILES string of the molecule is CC[C@@H](C(=O)Nc1ccccc1-c1ccccc1)N(c1ccc(F)cc1)S(C)(=O)=O. The highest BCUT2D eigenvalue weighted by atomic mass is 32.2. The van der Waals surface area contributed by atoms with Crippen LogP contribution in [0, 0.1) is 5.82 Å². The Morgan fingerprint density at radius 3 is 2.17 bits per heavy atom. The van der Waals surface area contributed by atoms with E-state index in [-0.39, 0.29) is 12.1 Å². The number of hydrogen-bond donors (Lipinski definition) is 1. The third-order valence-corrected chi connectivity index (χ3v) is 5.86. The number of benzene rings is 3. The van der Waals surface area contributed by atoms with E-state index in [0.29, 0.717) is 5.69 Å². The number of rotatable bonds is 7. The van der Waals surface area contributed by atoms with E-state index in [4.69, 9.17) is 0 Å². The highest BCUT2D eigenvalue weighted by Crippen LogP contribution is 2.29. The first-order valence-corrected chi connectivity index (χ1v) is 11.4.